The van der Waals surface area contributed by atoms with Crippen molar-refractivity contribution in [3.63, 3.8) is 0 Å². The summed E-state index contributed by atoms with van der Waals surface area (Å²) in [5.41, 5.74) is 7.40. The molecule has 1 aromatic carbocycles. The highest BCUT2D eigenvalue weighted by molar-refractivity contribution is 6.23. The molecule has 0 unspecified atom stereocenters. The molecule has 0 saturated heterocycles. The number of benzene rings is 1. The molecule has 0 heterocycles. The summed E-state index contributed by atoms with van der Waals surface area (Å²) in [6.45, 7) is 8.03. The summed E-state index contributed by atoms with van der Waals surface area (Å²) >= 11 is 0. The van der Waals surface area contributed by atoms with E-state index in [2.05, 4.69) is 4.99 Å². The normalized spacial score (nSPS) is 17.3. The molecule has 8 nitrogen and oxygen atoms in total. The van der Waals surface area contributed by atoms with Gasteiger partial charge in [0.1, 0.15) is 18.4 Å². The Kier molecular flexibility index (Phi) is 8.93. The molecule has 180 valence electrons. The Morgan fingerprint density at radius 2 is 1.82 bits per heavy atom. The Balaban J connectivity index is 2.10. The third-order valence-electron chi connectivity index (χ3n) is 5.32. The van der Waals surface area contributed by atoms with Crippen molar-refractivity contribution in [3.8, 4) is 0 Å². The average molecular weight is 459 g/mol. The number of carboxylic acids is 1. The molecular weight excluding hydrogens is 424 g/mol. The number of aliphatic imine (C=N–C) groups is 1. The predicted octanol–water partition coefficient (Wildman–Crippen LogP) is 4.24. The maximum atomic E-state index is 12.8. The summed E-state index contributed by atoms with van der Waals surface area (Å²) in [4.78, 5) is 39.9. The highest BCUT2D eigenvalue weighted by atomic mass is 16.5. The molecule has 1 aliphatic rings. The highest BCUT2D eigenvalue weighted by Gasteiger charge is 2.35. The zero-order chi connectivity index (χ0) is 24.8. The number of aliphatic carboxylic acids is 1. The van der Waals surface area contributed by atoms with E-state index in [4.69, 9.17) is 15.6 Å². The number of ketones is 1. The Morgan fingerprint density at radius 1 is 1.18 bits per heavy atom. The Bertz CT molecular complexity index is 944. The number of rotatable bonds is 10. The van der Waals surface area contributed by atoms with E-state index in [9.17, 15) is 19.5 Å². The number of nitrogens with zero attached hydrogens (tertiary/aromatic N) is 1. The van der Waals surface area contributed by atoms with Gasteiger partial charge in [-0.1, -0.05) is 39.8 Å². The summed E-state index contributed by atoms with van der Waals surface area (Å²) in [6.07, 6.45) is 1.30. The maximum Gasteiger partial charge on any atom is 0.320 e. The van der Waals surface area contributed by atoms with Crippen molar-refractivity contribution in [3.05, 3.63) is 41.2 Å². The van der Waals surface area contributed by atoms with Gasteiger partial charge in [-0.25, -0.2) is 0 Å². The molecule has 0 aromatic heterocycles. The lowest BCUT2D eigenvalue weighted by molar-refractivity contribution is -0.145. The minimum Gasteiger partial charge on any atom is -0.511 e. The number of carboxylic acid groups (broad SMARTS) is 1. The van der Waals surface area contributed by atoms with Crippen LogP contribution in [0.5, 0.6) is 0 Å². The summed E-state index contributed by atoms with van der Waals surface area (Å²) < 4.78 is 5.17. The van der Waals surface area contributed by atoms with E-state index in [1.54, 1.807) is 24.3 Å². The highest BCUT2D eigenvalue weighted by Crippen LogP contribution is 2.37. The van der Waals surface area contributed by atoms with Crippen LogP contribution in [0.2, 0.25) is 0 Å². The first-order valence-electron chi connectivity index (χ1n) is 11.1. The van der Waals surface area contributed by atoms with Gasteiger partial charge in [0, 0.05) is 19.3 Å². The van der Waals surface area contributed by atoms with E-state index in [0.29, 0.717) is 36.2 Å². The predicted molar refractivity (Wildman–Crippen MR) is 125 cm³/mol. The topological polar surface area (TPSA) is 139 Å². The van der Waals surface area contributed by atoms with Crippen molar-refractivity contribution < 1.29 is 29.3 Å². The number of carbonyl (C=O) groups is 3. The van der Waals surface area contributed by atoms with Crippen molar-refractivity contribution in [1.29, 1.82) is 0 Å². The third kappa shape index (κ3) is 8.13. The van der Waals surface area contributed by atoms with Crippen LogP contribution in [0.3, 0.4) is 0 Å². The number of Topliss-reactive ketones (excluding diaryl/α,β-unsaturated/α-hetero) is 1. The molecule has 0 saturated carbocycles. The Morgan fingerprint density at radius 3 is 2.36 bits per heavy atom. The number of esters is 1. The lowest BCUT2D eigenvalue weighted by atomic mass is 9.75. The van der Waals surface area contributed by atoms with E-state index in [0.717, 1.165) is 5.56 Å². The number of aliphatic hydroxyl groups excluding tert-OH is 1. The van der Waals surface area contributed by atoms with Gasteiger partial charge in [-0.15, -0.1) is 0 Å². The first-order valence-corrected chi connectivity index (χ1v) is 11.1. The zero-order valence-corrected chi connectivity index (χ0v) is 19.8. The van der Waals surface area contributed by atoms with Gasteiger partial charge in [0.2, 0.25) is 0 Å². The summed E-state index contributed by atoms with van der Waals surface area (Å²) in [7, 11) is 0. The fraction of sp³-hybridized carbons (Fsp3) is 0.520. The summed E-state index contributed by atoms with van der Waals surface area (Å²) in [5, 5.41) is 19.4. The number of hydrogen-bond donors (Lipinski definition) is 3. The monoisotopic (exact) mass is 458 g/mol. The zero-order valence-electron chi connectivity index (χ0n) is 19.8. The Hall–Kier alpha value is -3.00. The fourth-order valence-corrected chi connectivity index (χ4v) is 3.66. The van der Waals surface area contributed by atoms with Crippen LogP contribution in [-0.2, 0) is 25.7 Å². The standard InChI is InChI=1S/C25H34N2O6/c1-15(2)11-19(23-20(28)12-25(3,4)13-21(23)29)27-17-7-5-16(6-8-17)14-33-22(30)10-9-18(26)24(31)32/h5-8,15,18,28H,9-14,26H2,1-4H3,(H,31,32)/t18-/m0/s1. The van der Waals surface area contributed by atoms with Crippen LogP contribution in [0.4, 0.5) is 5.69 Å². The summed E-state index contributed by atoms with van der Waals surface area (Å²) in [5.74, 6) is -1.41. The van der Waals surface area contributed by atoms with Gasteiger partial charge in [0.25, 0.3) is 0 Å². The van der Waals surface area contributed by atoms with Gasteiger partial charge in [-0.2, -0.15) is 0 Å². The smallest absolute Gasteiger partial charge is 0.320 e. The average Bonchev–Trinajstić information content (AvgIpc) is 2.69. The molecule has 0 radical (unpaired) electrons. The van der Waals surface area contributed by atoms with E-state index < -0.39 is 18.0 Å². The second kappa shape index (κ2) is 11.2. The van der Waals surface area contributed by atoms with Gasteiger partial charge in [-0.3, -0.25) is 19.4 Å². The molecule has 1 aromatic rings. The minimum atomic E-state index is -1.15. The van der Waals surface area contributed by atoms with Crippen molar-refractivity contribution in [2.45, 2.75) is 72.4 Å². The number of nitrogens with two attached hydrogens (primary N) is 1. The first-order chi connectivity index (χ1) is 15.4. The van der Waals surface area contributed by atoms with Gasteiger partial charge in [-0.05, 0) is 41.9 Å². The van der Waals surface area contributed by atoms with E-state index in [1.807, 2.05) is 27.7 Å². The maximum absolute atomic E-state index is 12.8. The van der Waals surface area contributed by atoms with Crippen LogP contribution in [0.15, 0.2) is 40.6 Å². The summed E-state index contributed by atoms with van der Waals surface area (Å²) in [6, 6.07) is 5.97. The number of allylic oxidation sites excluding steroid dienone is 2. The molecule has 4 N–H and O–H groups in total. The minimum absolute atomic E-state index is 0.0129. The second-order valence-electron chi connectivity index (χ2n) is 9.73. The molecule has 33 heavy (non-hydrogen) atoms. The molecule has 8 heteroatoms. The van der Waals surface area contributed by atoms with Crippen molar-refractivity contribution in [2.75, 3.05) is 0 Å². The molecule has 1 aliphatic carbocycles. The second-order valence-corrected chi connectivity index (χ2v) is 9.73. The molecule has 1 atom stereocenters. The molecule has 0 amide bonds. The van der Waals surface area contributed by atoms with Crippen LogP contribution < -0.4 is 5.73 Å². The van der Waals surface area contributed by atoms with Crippen LogP contribution >= 0.6 is 0 Å². The largest absolute Gasteiger partial charge is 0.511 e. The Labute approximate surface area is 194 Å². The number of ether oxygens (including phenoxy) is 1. The van der Waals surface area contributed by atoms with E-state index in [-0.39, 0.29) is 42.3 Å². The lowest BCUT2D eigenvalue weighted by Crippen LogP contribution is -2.30. The van der Waals surface area contributed by atoms with Gasteiger partial charge < -0.3 is 20.7 Å². The van der Waals surface area contributed by atoms with Gasteiger partial charge >= 0.3 is 11.9 Å². The number of aliphatic hydroxyl groups is 1. The molecule has 0 fully saturated rings. The molecule has 2 rings (SSSR count). The molecule has 0 bridgehead atoms. The molecule has 0 aliphatic heterocycles. The van der Waals surface area contributed by atoms with Crippen molar-refractivity contribution in [2.24, 2.45) is 22.1 Å². The van der Waals surface area contributed by atoms with Gasteiger partial charge in [0.15, 0.2) is 5.78 Å². The number of hydrogen-bond acceptors (Lipinski definition) is 7. The quantitative estimate of drug-likeness (QED) is 0.352. The van der Waals surface area contributed by atoms with Crippen molar-refractivity contribution in [1.82, 2.24) is 0 Å². The SMILES string of the molecule is CC(C)CC(=Nc1ccc(COC(=O)CC[C@H](N)C(=O)O)cc1)C1=C(O)CC(C)(C)CC1=O. The fourth-order valence-electron chi connectivity index (χ4n) is 3.66. The first kappa shape index (κ1) is 26.3. The van der Waals surface area contributed by atoms with Crippen molar-refractivity contribution >= 4 is 29.1 Å². The van der Waals surface area contributed by atoms with Gasteiger partial charge in [0.05, 0.1) is 17.0 Å². The van der Waals surface area contributed by atoms with Crippen LogP contribution in [0.25, 0.3) is 0 Å². The molecular formula is C25H34N2O6. The lowest BCUT2D eigenvalue weighted by Gasteiger charge is -2.30. The van der Waals surface area contributed by atoms with Crippen LogP contribution in [0, 0.1) is 11.3 Å². The number of carbonyl (C=O) groups excluding carboxylic acids is 2. The molecule has 0 spiro atoms. The van der Waals surface area contributed by atoms with E-state index in [1.165, 1.54) is 0 Å². The van der Waals surface area contributed by atoms with Crippen LogP contribution in [0.1, 0.15) is 65.4 Å². The third-order valence-corrected chi connectivity index (χ3v) is 5.32. The van der Waals surface area contributed by atoms with E-state index >= 15 is 0 Å². The van der Waals surface area contributed by atoms with Crippen LogP contribution in [-0.4, -0.2) is 39.7 Å².